The number of hydrogen-bond acceptors (Lipinski definition) is 4. The number of rotatable bonds is 2. The summed E-state index contributed by atoms with van der Waals surface area (Å²) in [6.45, 7) is 1.12. The molecule has 2 aromatic heterocycles. The van der Waals surface area contributed by atoms with Crippen LogP contribution in [0, 0.1) is 5.82 Å². The number of nitrogens with one attached hydrogen (secondary N) is 1. The first kappa shape index (κ1) is 18.3. The predicted molar refractivity (Wildman–Crippen MR) is 114 cm³/mol. The van der Waals surface area contributed by atoms with Crippen molar-refractivity contribution in [2.75, 3.05) is 11.9 Å². The van der Waals surface area contributed by atoms with Gasteiger partial charge < -0.3 is 10.2 Å². The fraction of sp³-hybridized carbons (Fsp3) is 0.150. The van der Waals surface area contributed by atoms with Gasteiger partial charge in [0.05, 0.1) is 17.9 Å². The van der Waals surface area contributed by atoms with E-state index >= 15 is 0 Å². The number of halogens is 2. The fourth-order valence-corrected chi connectivity index (χ4v) is 4.84. The molecule has 5 rings (SSSR count). The van der Waals surface area contributed by atoms with Crippen LogP contribution < -0.4 is 5.32 Å². The number of benzene rings is 2. The number of fused-ring (bicyclic) bond motifs is 3. The summed E-state index contributed by atoms with van der Waals surface area (Å²) in [4.78, 5) is 20.9. The first-order valence-electron chi connectivity index (χ1n) is 9.02. The molecule has 1 aliphatic rings. The lowest BCUT2D eigenvalue weighted by molar-refractivity contribution is 0.206. The number of hydrogen-bond donors (Lipinski definition) is 1. The third-order valence-electron chi connectivity index (χ3n) is 4.83. The van der Waals surface area contributed by atoms with E-state index in [0.29, 0.717) is 25.3 Å². The van der Waals surface area contributed by atoms with Crippen molar-refractivity contribution >= 4 is 43.9 Å². The molecule has 0 fully saturated rings. The Bertz CT molecular complexity index is 1220. The molecule has 29 heavy (non-hydrogen) atoms. The summed E-state index contributed by atoms with van der Waals surface area (Å²) in [6, 6.07) is 13.6. The molecule has 0 aliphatic carbocycles. The van der Waals surface area contributed by atoms with Crippen molar-refractivity contribution in [1.82, 2.24) is 19.5 Å². The smallest absolute Gasteiger partial charge is 0.319 e. The van der Waals surface area contributed by atoms with Crippen LogP contribution in [-0.2, 0) is 13.0 Å². The van der Waals surface area contributed by atoms with E-state index in [-0.39, 0.29) is 11.8 Å². The van der Waals surface area contributed by atoms with Crippen molar-refractivity contribution in [3.63, 3.8) is 0 Å². The lowest BCUT2D eigenvalue weighted by Gasteiger charge is -2.26. The number of carbonyl (C=O) groups excluding carboxylic acids is 1. The van der Waals surface area contributed by atoms with Crippen LogP contribution in [0.4, 0.5) is 14.9 Å². The molecule has 9 heteroatoms. The topological polar surface area (TPSA) is 62.5 Å². The normalized spacial score (nSPS) is 13.5. The molecule has 3 heterocycles. The minimum Gasteiger partial charge on any atom is -0.319 e. The van der Waals surface area contributed by atoms with Crippen molar-refractivity contribution in [3.05, 3.63) is 69.4 Å². The second-order valence-corrected chi connectivity index (χ2v) is 8.61. The Morgan fingerprint density at radius 2 is 1.97 bits per heavy atom. The number of nitrogens with zero attached hydrogens (tertiary/aromatic N) is 4. The zero-order chi connectivity index (χ0) is 20.0. The maximum absolute atomic E-state index is 13.1. The Balaban J connectivity index is 1.37. The first-order valence-corrected chi connectivity index (χ1v) is 10.6. The molecule has 2 aromatic carbocycles. The standard InChI is InChI=1S/C20H15BrFN5OS/c21-14-3-1-2-4-15(14)23-19(28)26-10-9-16-17(11-26)29-20-24-18(25-27(16)20)12-5-7-13(22)8-6-12/h1-8H,9-11H2,(H,23,28). The van der Waals surface area contributed by atoms with Gasteiger partial charge in [0.2, 0.25) is 4.96 Å². The van der Waals surface area contributed by atoms with Crippen LogP contribution in [0.25, 0.3) is 16.3 Å². The molecule has 0 radical (unpaired) electrons. The van der Waals surface area contributed by atoms with E-state index in [4.69, 9.17) is 0 Å². The van der Waals surface area contributed by atoms with E-state index in [9.17, 15) is 9.18 Å². The van der Waals surface area contributed by atoms with Crippen LogP contribution >= 0.6 is 27.3 Å². The van der Waals surface area contributed by atoms with Gasteiger partial charge in [0.1, 0.15) is 5.82 Å². The summed E-state index contributed by atoms with van der Waals surface area (Å²) in [6.07, 6.45) is 0.699. The summed E-state index contributed by atoms with van der Waals surface area (Å²) in [5.41, 5.74) is 2.60. The molecule has 6 nitrogen and oxygen atoms in total. The Morgan fingerprint density at radius 1 is 1.17 bits per heavy atom. The van der Waals surface area contributed by atoms with E-state index in [2.05, 4.69) is 31.3 Å². The molecule has 1 N–H and O–H groups in total. The molecule has 146 valence electrons. The number of anilines is 1. The number of urea groups is 1. The maximum atomic E-state index is 13.1. The second kappa shape index (κ2) is 7.23. The molecular formula is C20H15BrFN5OS. The SMILES string of the molecule is O=C(Nc1ccccc1Br)N1CCc2c(sc3nc(-c4ccc(F)cc4)nn23)C1. The molecule has 0 bridgehead atoms. The van der Waals surface area contributed by atoms with Crippen molar-refractivity contribution in [1.29, 1.82) is 0 Å². The molecule has 4 aromatic rings. The Morgan fingerprint density at radius 3 is 2.76 bits per heavy atom. The quantitative estimate of drug-likeness (QED) is 0.449. The van der Waals surface area contributed by atoms with E-state index in [1.54, 1.807) is 17.0 Å². The van der Waals surface area contributed by atoms with Crippen molar-refractivity contribution in [2.24, 2.45) is 0 Å². The highest BCUT2D eigenvalue weighted by molar-refractivity contribution is 9.10. The van der Waals surface area contributed by atoms with E-state index in [1.807, 2.05) is 28.8 Å². The number of aromatic nitrogens is 3. The van der Waals surface area contributed by atoms with Gasteiger partial charge in [0.15, 0.2) is 5.82 Å². The van der Waals surface area contributed by atoms with Crippen LogP contribution in [0.3, 0.4) is 0 Å². The minimum atomic E-state index is -0.284. The van der Waals surface area contributed by atoms with Crippen molar-refractivity contribution < 1.29 is 9.18 Å². The highest BCUT2D eigenvalue weighted by Crippen LogP contribution is 2.30. The lowest BCUT2D eigenvalue weighted by Crippen LogP contribution is -2.38. The van der Waals surface area contributed by atoms with Gasteiger partial charge in [-0.05, 0) is 52.3 Å². The summed E-state index contributed by atoms with van der Waals surface area (Å²) in [5.74, 6) is 0.293. The maximum Gasteiger partial charge on any atom is 0.322 e. The van der Waals surface area contributed by atoms with Gasteiger partial charge in [-0.2, -0.15) is 4.98 Å². The first-order chi connectivity index (χ1) is 14.1. The number of carbonyl (C=O) groups is 1. The number of thiazole rings is 1. The van der Waals surface area contributed by atoms with E-state index < -0.39 is 0 Å². The largest absolute Gasteiger partial charge is 0.322 e. The van der Waals surface area contributed by atoms with E-state index in [1.165, 1.54) is 23.5 Å². The monoisotopic (exact) mass is 471 g/mol. The van der Waals surface area contributed by atoms with Crippen LogP contribution in [0.15, 0.2) is 53.0 Å². The second-order valence-electron chi connectivity index (χ2n) is 6.69. The van der Waals surface area contributed by atoms with Gasteiger partial charge >= 0.3 is 6.03 Å². The van der Waals surface area contributed by atoms with Crippen molar-refractivity contribution in [3.8, 4) is 11.4 Å². The number of amides is 2. The fourth-order valence-electron chi connectivity index (χ4n) is 3.34. The van der Waals surface area contributed by atoms with Gasteiger partial charge in [-0.1, -0.05) is 23.5 Å². The summed E-state index contributed by atoms with van der Waals surface area (Å²) < 4.78 is 15.8. The van der Waals surface area contributed by atoms with Crippen LogP contribution in [0.5, 0.6) is 0 Å². The molecule has 2 amide bonds. The van der Waals surface area contributed by atoms with Crippen LogP contribution in [0.1, 0.15) is 10.6 Å². The van der Waals surface area contributed by atoms with E-state index in [0.717, 1.165) is 31.3 Å². The molecule has 1 aliphatic heterocycles. The third kappa shape index (κ3) is 3.40. The Labute approximate surface area is 178 Å². The molecular weight excluding hydrogens is 457 g/mol. The zero-order valence-corrected chi connectivity index (χ0v) is 17.5. The molecule has 0 atom stereocenters. The predicted octanol–water partition coefficient (Wildman–Crippen LogP) is 4.95. The van der Waals surface area contributed by atoms with Gasteiger partial charge in [0, 0.05) is 27.9 Å². The van der Waals surface area contributed by atoms with Gasteiger partial charge in [-0.15, -0.1) is 5.10 Å². The zero-order valence-electron chi connectivity index (χ0n) is 15.1. The summed E-state index contributed by atoms with van der Waals surface area (Å²) in [5, 5.41) is 7.55. The Hall–Kier alpha value is -2.78. The highest BCUT2D eigenvalue weighted by atomic mass is 79.9. The molecule has 0 saturated carbocycles. The number of para-hydroxylation sites is 1. The molecule has 0 unspecified atom stereocenters. The lowest BCUT2D eigenvalue weighted by atomic mass is 10.2. The van der Waals surface area contributed by atoms with Gasteiger partial charge in [-0.3, -0.25) is 0 Å². The van der Waals surface area contributed by atoms with Crippen molar-refractivity contribution in [2.45, 2.75) is 13.0 Å². The van der Waals surface area contributed by atoms with Gasteiger partial charge in [-0.25, -0.2) is 13.7 Å². The van der Waals surface area contributed by atoms with Crippen LogP contribution in [0.2, 0.25) is 0 Å². The summed E-state index contributed by atoms with van der Waals surface area (Å²) >= 11 is 4.98. The minimum absolute atomic E-state index is 0.131. The molecule has 0 spiro atoms. The Kier molecular flexibility index (Phi) is 4.56. The highest BCUT2D eigenvalue weighted by Gasteiger charge is 2.26. The van der Waals surface area contributed by atoms with Crippen LogP contribution in [-0.4, -0.2) is 32.1 Å². The summed E-state index contributed by atoms with van der Waals surface area (Å²) in [7, 11) is 0. The average molecular weight is 472 g/mol. The van der Waals surface area contributed by atoms with Gasteiger partial charge in [0.25, 0.3) is 0 Å². The molecule has 0 saturated heterocycles. The average Bonchev–Trinajstić information content (AvgIpc) is 3.27. The third-order valence-corrected chi connectivity index (χ3v) is 6.58.